The first-order valence-electron chi connectivity index (χ1n) is 28.9. The molecule has 7 aliphatic rings. The number of unbranched alkanes of at least 4 members (excludes halogenated alkanes) is 1. The predicted molar refractivity (Wildman–Crippen MR) is 340 cm³/mol. The monoisotopic (exact) mass is 1140 g/mol. The number of hydrogen-bond donors (Lipinski definition) is 0. The maximum Gasteiger partial charge on any atom is 0.119 e. The summed E-state index contributed by atoms with van der Waals surface area (Å²) >= 11 is 3.78. The first-order chi connectivity index (χ1) is 40.3. The number of ether oxygens (including phenoxy) is 9. The van der Waals surface area contributed by atoms with Crippen LogP contribution >= 0.6 is 22.7 Å². The van der Waals surface area contributed by atoms with Crippen LogP contribution in [-0.2, 0) is 46.0 Å². The Morgan fingerprint density at radius 1 is 0.354 bits per heavy atom. The van der Waals surface area contributed by atoms with Gasteiger partial charge in [0.05, 0.1) is 85.9 Å². The van der Waals surface area contributed by atoms with Crippen molar-refractivity contribution in [3.8, 4) is 67.1 Å². The van der Waals surface area contributed by atoms with Crippen LogP contribution in [0.15, 0.2) is 170 Å². The third-order valence-corrected chi connectivity index (χ3v) is 15.7. The van der Waals surface area contributed by atoms with E-state index >= 15 is 0 Å². The molecule has 0 saturated heterocycles. The molecule has 0 radical (unpaired) electrons. The molecule has 9 nitrogen and oxygen atoms in total. The van der Waals surface area contributed by atoms with Gasteiger partial charge in [0.15, 0.2) is 0 Å². The number of benzene rings is 6. The smallest absolute Gasteiger partial charge is 0.119 e. The fourth-order valence-corrected chi connectivity index (χ4v) is 11.1. The summed E-state index contributed by atoms with van der Waals surface area (Å²) in [4.78, 5) is 5.79. The van der Waals surface area contributed by atoms with E-state index in [1.165, 1.54) is 77.7 Å². The normalized spacial score (nSPS) is 14.8. The van der Waals surface area contributed by atoms with Crippen molar-refractivity contribution >= 4 is 22.7 Å². The van der Waals surface area contributed by atoms with Gasteiger partial charge in [-0.2, -0.15) is 0 Å². The van der Waals surface area contributed by atoms with E-state index in [9.17, 15) is 0 Å². The lowest BCUT2D eigenvalue weighted by Crippen LogP contribution is -2.13. The van der Waals surface area contributed by atoms with Crippen molar-refractivity contribution in [1.29, 1.82) is 0 Å². The Labute approximate surface area is 496 Å². The summed E-state index contributed by atoms with van der Waals surface area (Å²) in [5.41, 5.74) is 14.7. The summed E-state index contributed by atoms with van der Waals surface area (Å²) in [5.74, 6) is 1.63. The second kappa shape index (κ2) is 36.4. The molecule has 9 heterocycles. The zero-order valence-electron chi connectivity index (χ0n) is 49.1. The van der Waals surface area contributed by atoms with Gasteiger partial charge in [0.1, 0.15) is 24.7 Å². The van der Waals surface area contributed by atoms with Crippen LogP contribution < -0.4 is 9.47 Å². The highest BCUT2D eigenvalue weighted by Gasteiger charge is 2.08. The molecular weight excluding hydrogens is 1060 g/mol. The minimum absolute atomic E-state index is 0.472. The highest BCUT2D eigenvalue weighted by atomic mass is 32.1. The van der Waals surface area contributed by atoms with Crippen molar-refractivity contribution < 1.29 is 42.6 Å². The molecule has 82 heavy (non-hydrogen) atoms. The lowest BCUT2D eigenvalue weighted by atomic mass is 9.96. The molecular formula is C71H84O9S2. The van der Waals surface area contributed by atoms with Crippen molar-refractivity contribution in [2.75, 3.05) is 106 Å². The van der Waals surface area contributed by atoms with E-state index in [4.69, 9.17) is 42.6 Å². The Morgan fingerprint density at radius 2 is 0.622 bits per heavy atom. The SMILES string of the molecule is C1=C/COCCOCCOCCOc2ccc(cc2)-c2ccc(cc2)-c2ccc(cc2)-c2ccc(cc2)-c2ccc(cc2)-c2ccc(cc2)OCCOCCOCCOC/1.CCCCc1cc(C)sc1C.COCCc1cc(C)sc1C. The maximum atomic E-state index is 5.89. The van der Waals surface area contributed by atoms with Crippen molar-refractivity contribution in [3.63, 3.8) is 0 Å². The third kappa shape index (κ3) is 22.2. The molecule has 0 fully saturated rings. The molecule has 0 spiro atoms. The number of methoxy groups -OCH3 is 1. The number of fused-ring (bicyclic) bond motifs is 6. The Kier molecular flexibility index (Phi) is 28.1. The van der Waals surface area contributed by atoms with E-state index in [1.54, 1.807) is 12.7 Å². The van der Waals surface area contributed by atoms with Gasteiger partial charge in [-0.25, -0.2) is 0 Å². The summed E-state index contributed by atoms with van der Waals surface area (Å²) in [5, 5.41) is 0. The van der Waals surface area contributed by atoms with Crippen LogP contribution in [0.3, 0.4) is 0 Å². The quantitative estimate of drug-likeness (QED) is 0.151. The molecule has 434 valence electrons. The van der Waals surface area contributed by atoms with Crippen LogP contribution in [0.2, 0.25) is 0 Å². The first-order valence-corrected chi connectivity index (χ1v) is 30.5. The molecule has 0 unspecified atom stereocenters. The molecule has 11 heteroatoms. The highest BCUT2D eigenvalue weighted by molar-refractivity contribution is 7.12. The topological polar surface area (TPSA) is 83.1 Å². The molecule has 0 amide bonds. The van der Waals surface area contributed by atoms with Gasteiger partial charge in [0, 0.05) is 26.6 Å². The highest BCUT2D eigenvalue weighted by Crippen LogP contribution is 2.32. The van der Waals surface area contributed by atoms with Gasteiger partial charge in [-0.3, -0.25) is 0 Å². The number of thiophene rings is 2. The van der Waals surface area contributed by atoms with Crippen LogP contribution in [0.4, 0.5) is 0 Å². The fraction of sp³-hybridized carbons (Fsp3) is 0.352. The van der Waals surface area contributed by atoms with Gasteiger partial charge < -0.3 is 42.6 Å². The van der Waals surface area contributed by atoms with Crippen LogP contribution in [-0.4, -0.2) is 106 Å². The second-order valence-corrected chi connectivity index (χ2v) is 22.8. The van der Waals surface area contributed by atoms with E-state index in [2.05, 4.69) is 168 Å². The van der Waals surface area contributed by atoms with Gasteiger partial charge >= 0.3 is 0 Å². The van der Waals surface area contributed by atoms with Crippen molar-refractivity contribution in [1.82, 2.24) is 0 Å². The Hall–Kier alpha value is -6.22. The number of aryl methyl sites for hydroxylation is 5. The van der Waals surface area contributed by atoms with Gasteiger partial charge in [-0.15, -0.1) is 22.7 Å². The van der Waals surface area contributed by atoms with E-state index in [-0.39, 0.29) is 0 Å². The van der Waals surface area contributed by atoms with E-state index < -0.39 is 0 Å². The summed E-state index contributed by atoms with van der Waals surface area (Å²) in [6.07, 6.45) is 8.83. The molecule has 15 rings (SSSR count). The lowest BCUT2D eigenvalue weighted by Gasteiger charge is -2.10. The maximum absolute atomic E-state index is 5.89. The molecule has 6 aromatic carbocycles. The molecule has 0 aliphatic carbocycles. The summed E-state index contributed by atoms with van der Waals surface area (Å²) < 4.78 is 50.4. The van der Waals surface area contributed by atoms with Gasteiger partial charge in [0.25, 0.3) is 0 Å². The number of rotatable bonds is 6. The number of hydrogen-bond acceptors (Lipinski definition) is 11. The van der Waals surface area contributed by atoms with Crippen LogP contribution in [0.1, 0.15) is 50.4 Å². The van der Waals surface area contributed by atoms with Crippen molar-refractivity contribution in [2.24, 2.45) is 0 Å². The Bertz CT molecular complexity index is 2810. The van der Waals surface area contributed by atoms with Crippen LogP contribution in [0.25, 0.3) is 55.6 Å². The zero-order chi connectivity index (χ0) is 57.4. The largest absolute Gasteiger partial charge is 0.491 e. The minimum Gasteiger partial charge on any atom is -0.491 e. The molecule has 0 saturated carbocycles. The van der Waals surface area contributed by atoms with E-state index in [1.807, 2.05) is 59.1 Å². The minimum atomic E-state index is 0.472. The summed E-state index contributed by atoms with van der Waals surface area (Å²) in [7, 11) is 1.74. The standard InChI is InChI=1S/C52H54O8.C10H16S.C9H14OS/c1-2-28-54-30-32-56-34-36-58-38-40-60-52-25-21-50(22-26-52)48-17-13-46(14-18-48)44-9-5-42(6-10-44)41-3-7-43(8-4-41)45-11-15-47(16-12-45)49-19-23-51(24-20-49)59-39-37-57-35-33-55-31-29-53-27-1;1-4-5-6-10-7-8(2)11-9(10)3;1-7-6-9(4-5-10-3)8(2)11-7/h1-26H,27-40H2;7H,4-6H2,1-3H3;6H,4-5H2,1-3H3/b2-1+;;. The first kappa shape index (κ1) is 63.4. The Balaban J connectivity index is 0.000000364. The van der Waals surface area contributed by atoms with Crippen molar-refractivity contribution in [3.05, 3.63) is 201 Å². The summed E-state index contributed by atoms with van der Waals surface area (Å²) in [6.45, 7) is 18.8. The third-order valence-electron chi connectivity index (χ3n) is 13.7. The average Bonchev–Trinajstić information content (AvgIpc) is 4.16. The van der Waals surface area contributed by atoms with Crippen LogP contribution in [0, 0.1) is 27.7 Å². The van der Waals surface area contributed by atoms with Gasteiger partial charge in [-0.05, 0) is 150 Å². The molecule has 0 atom stereocenters. The molecule has 7 aliphatic heterocycles. The average molecular weight is 1150 g/mol. The molecule has 12 bridgehead atoms. The van der Waals surface area contributed by atoms with E-state index in [0.717, 1.165) is 46.8 Å². The lowest BCUT2D eigenvalue weighted by molar-refractivity contribution is 0.0123. The van der Waals surface area contributed by atoms with Crippen LogP contribution in [0.5, 0.6) is 11.5 Å². The molecule has 2 aromatic heterocycles. The molecule has 0 N–H and O–H groups in total. The van der Waals surface area contributed by atoms with Crippen molar-refractivity contribution in [2.45, 2.75) is 60.3 Å². The van der Waals surface area contributed by atoms with E-state index in [0.29, 0.717) is 92.5 Å². The van der Waals surface area contributed by atoms with Gasteiger partial charge in [-0.1, -0.05) is 147 Å². The summed E-state index contributed by atoms with van der Waals surface area (Å²) in [6, 6.07) is 55.9. The predicted octanol–water partition coefficient (Wildman–Crippen LogP) is 16.7. The zero-order valence-corrected chi connectivity index (χ0v) is 50.7. The molecule has 8 aromatic rings. The second-order valence-electron chi connectivity index (χ2n) is 19.8. The van der Waals surface area contributed by atoms with Gasteiger partial charge in [0.2, 0.25) is 0 Å². The fourth-order valence-electron chi connectivity index (χ4n) is 9.11. The Morgan fingerprint density at radius 3 is 0.890 bits per heavy atom.